The third kappa shape index (κ3) is 3.60. The van der Waals surface area contributed by atoms with Gasteiger partial charge in [0, 0.05) is 19.0 Å². The van der Waals surface area contributed by atoms with Crippen molar-refractivity contribution in [2.24, 2.45) is 5.92 Å². The van der Waals surface area contributed by atoms with E-state index in [1.165, 1.54) is 11.1 Å². The smallest absolute Gasteiger partial charge is 0.303 e. The number of carboxylic acid groups (broad SMARTS) is 1. The maximum atomic E-state index is 10.8. The molecule has 1 N–H and O–H groups in total. The topological polar surface area (TPSA) is 40.5 Å². The second kappa shape index (κ2) is 6.40. The normalized spacial score (nSPS) is 21.3. The van der Waals surface area contributed by atoms with Crippen LogP contribution in [-0.4, -0.2) is 29.1 Å². The minimum Gasteiger partial charge on any atom is -0.481 e. The molecule has 1 heterocycles. The molecule has 1 aromatic rings. The Balaban J connectivity index is 1.97. The number of aliphatic carboxylic acids is 1. The standard InChI is InChI=1S/C17H25NO2/c1-12(2)15-4-6-16(7-5-15)13(3)18-9-8-14(11-18)10-17(19)20/h4-7,12-14H,8-11H2,1-3H3,(H,19,20). The summed E-state index contributed by atoms with van der Waals surface area (Å²) in [4.78, 5) is 13.2. The lowest BCUT2D eigenvalue weighted by molar-refractivity contribution is -0.138. The Bertz CT molecular complexity index is 453. The zero-order chi connectivity index (χ0) is 14.7. The molecule has 2 atom stereocenters. The third-order valence-corrected chi connectivity index (χ3v) is 4.41. The van der Waals surface area contributed by atoms with Crippen molar-refractivity contribution in [3.8, 4) is 0 Å². The highest BCUT2D eigenvalue weighted by Crippen LogP contribution is 2.29. The zero-order valence-corrected chi connectivity index (χ0v) is 12.7. The lowest BCUT2D eigenvalue weighted by Crippen LogP contribution is -2.25. The fourth-order valence-corrected chi connectivity index (χ4v) is 3.00. The third-order valence-electron chi connectivity index (χ3n) is 4.41. The highest BCUT2D eigenvalue weighted by molar-refractivity contribution is 5.67. The Hall–Kier alpha value is -1.35. The van der Waals surface area contributed by atoms with Gasteiger partial charge in [-0.05, 0) is 42.9 Å². The molecule has 0 aliphatic carbocycles. The molecule has 3 nitrogen and oxygen atoms in total. The molecule has 0 radical (unpaired) electrons. The van der Waals surface area contributed by atoms with Gasteiger partial charge in [0.05, 0.1) is 0 Å². The van der Waals surface area contributed by atoms with Crippen LogP contribution in [0.5, 0.6) is 0 Å². The molecule has 0 saturated carbocycles. The van der Waals surface area contributed by atoms with Gasteiger partial charge < -0.3 is 5.11 Å². The van der Waals surface area contributed by atoms with Crippen LogP contribution in [0.3, 0.4) is 0 Å². The van der Waals surface area contributed by atoms with Crippen LogP contribution in [0, 0.1) is 5.92 Å². The Morgan fingerprint density at radius 2 is 1.85 bits per heavy atom. The first-order valence-electron chi connectivity index (χ1n) is 7.53. The summed E-state index contributed by atoms with van der Waals surface area (Å²) in [6.07, 6.45) is 1.30. The largest absolute Gasteiger partial charge is 0.481 e. The summed E-state index contributed by atoms with van der Waals surface area (Å²) in [6, 6.07) is 9.22. The van der Waals surface area contributed by atoms with Crippen LogP contribution >= 0.6 is 0 Å². The Labute approximate surface area is 121 Å². The summed E-state index contributed by atoms with van der Waals surface area (Å²) in [5.74, 6) is 0.196. The lowest BCUT2D eigenvalue weighted by Gasteiger charge is -2.25. The monoisotopic (exact) mass is 275 g/mol. The second-order valence-electron chi connectivity index (χ2n) is 6.24. The minimum atomic E-state index is -0.675. The van der Waals surface area contributed by atoms with Gasteiger partial charge in [-0.3, -0.25) is 9.69 Å². The maximum absolute atomic E-state index is 10.8. The van der Waals surface area contributed by atoms with Crippen molar-refractivity contribution in [2.45, 2.75) is 45.6 Å². The summed E-state index contributed by atoms with van der Waals surface area (Å²) >= 11 is 0. The van der Waals surface area contributed by atoms with Gasteiger partial charge in [0.25, 0.3) is 0 Å². The minimum absolute atomic E-state index is 0.301. The van der Waals surface area contributed by atoms with Crippen molar-refractivity contribution < 1.29 is 9.90 Å². The van der Waals surface area contributed by atoms with Crippen molar-refractivity contribution in [3.05, 3.63) is 35.4 Å². The van der Waals surface area contributed by atoms with Crippen LogP contribution in [0.4, 0.5) is 0 Å². The fourth-order valence-electron chi connectivity index (χ4n) is 3.00. The van der Waals surface area contributed by atoms with Gasteiger partial charge >= 0.3 is 5.97 Å². The van der Waals surface area contributed by atoms with E-state index in [1.807, 2.05) is 0 Å². The number of carboxylic acids is 1. The number of hydrogen-bond donors (Lipinski definition) is 1. The van der Waals surface area contributed by atoms with Crippen LogP contribution in [-0.2, 0) is 4.79 Å². The first kappa shape index (κ1) is 15.0. The molecule has 0 spiro atoms. The van der Waals surface area contributed by atoms with E-state index in [2.05, 4.69) is 49.9 Å². The Kier molecular flexibility index (Phi) is 4.81. The van der Waals surface area contributed by atoms with Crippen molar-refractivity contribution >= 4 is 5.97 Å². The van der Waals surface area contributed by atoms with Crippen LogP contribution < -0.4 is 0 Å². The van der Waals surface area contributed by atoms with Crippen LogP contribution in [0.1, 0.15) is 56.7 Å². The van der Waals surface area contributed by atoms with E-state index in [1.54, 1.807) is 0 Å². The molecule has 2 unspecified atom stereocenters. The molecule has 0 aromatic heterocycles. The molecule has 2 rings (SSSR count). The first-order valence-corrected chi connectivity index (χ1v) is 7.53. The van der Waals surface area contributed by atoms with Crippen LogP contribution in [0.2, 0.25) is 0 Å². The number of likely N-dealkylation sites (tertiary alicyclic amines) is 1. The SMILES string of the molecule is CC(C)c1ccc(C(C)N2CCC(CC(=O)O)C2)cc1. The van der Waals surface area contributed by atoms with Crippen molar-refractivity contribution in [1.29, 1.82) is 0 Å². The number of nitrogens with zero attached hydrogens (tertiary/aromatic N) is 1. The van der Waals surface area contributed by atoms with Crippen molar-refractivity contribution in [2.75, 3.05) is 13.1 Å². The van der Waals surface area contributed by atoms with Gasteiger partial charge in [-0.1, -0.05) is 38.1 Å². The zero-order valence-electron chi connectivity index (χ0n) is 12.7. The van der Waals surface area contributed by atoms with E-state index < -0.39 is 5.97 Å². The van der Waals surface area contributed by atoms with E-state index in [0.29, 0.717) is 24.3 Å². The average molecular weight is 275 g/mol. The average Bonchev–Trinajstić information content (AvgIpc) is 2.85. The molecule has 0 bridgehead atoms. The molecular weight excluding hydrogens is 250 g/mol. The van der Waals surface area contributed by atoms with E-state index in [-0.39, 0.29) is 0 Å². The molecule has 20 heavy (non-hydrogen) atoms. The predicted octanol–water partition coefficient (Wildman–Crippen LogP) is 3.67. The summed E-state index contributed by atoms with van der Waals surface area (Å²) in [7, 11) is 0. The van der Waals surface area contributed by atoms with Gasteiger partial charge in [0.15, 0.2) is 0 Å². The molecule has 3 heteroatoms. The molecule has 1 aromatic carbocycles. The second-order valence-corrected chi connectivity index (χ2v) is 6.24. The number of rotatable bonds is 5. The highest BCUT2D eigenvalue weighted by atomic mass is 16.4. The van der Waals surface area contributed by atoms with Gasteiger partial charge in [-0.25, -0.2) is 0 Å². The molecule has 1 saturated heterocycles. The fraction of sp³-hybridized carbons (Fsp3) is 0.588. The van der Waals surface area contributed by atoms with E-state index in [4.69, 9.17) is 5.11 Å². The van der Waals surface area contributed by atoms with Gasteiger partial charge in [-0.2, -0.15) is 0 Å². The van der Waals surface area contributed by atoms with Crippen LogP contribution in [0.15, 0.2) is 24.3 Å². The van der Waals surface area contributed by atoms with Crippen LogP contribution in [0.25, 0.3) is 0 Å². The molecule has 1 aliphatic heterocycles. The van der Waals surface area contributed by atoms with E-state index in [9.17, 15) is 4.79 Å². The molecule has 0 amide bonds. The summed E-state index contributed by atoms with van der Waals surface area (Å²) in [6.45, 7) is 8.53. The summed E-state index contributed by atoms with van der Waals surface area (Å²) in [5, 5.41) is 8.88. The van der Waals surface area contributed by atoms with E-state index in [0.717, 1.165) is 19.5 Å². The number of carbonyl (C=O) groups is 1. The molecule has 1 fully saturated rings. The molecular formula is C17H25NO2. The van der Waals surface area contributed by atoms with Crippen molar-refractivity contribution in [1.82, 2.24) is 4.90 Å². The Morgan fingerprint density at radius 1 is 1.25 bits per heavy atom. The van der Waals surface area contributed by atoms with E-state index >= 15 is 0 Å². The summed E-state index contributed by atoms with van der Waals surface area (Å²) < 4.78 is 0. The maximum Gasteiger partial charge on any atom is 0.303 e. The van der Waals surface area contributed by atoms with Gasteiger partial charge in [0.2, 0.25) is 0 Å². The van der Waals surface area contributed by atoms with Crippen molar-refractivity contribution in [3.63, 3.8) is 0 Å². The first-order chi connectivity index (χ1) is 9.47. The molecule has 1 aliphatic rings. The molecule has 110 valence electrons. The number of hydrogen-bond acceptors (Lipinski definition) is 2. The highest BCUT2D eigenvalue weighted by Gasteiger charge is 2.28. The number of benzene rings is 1. The lowest BCUT2D eigenvalue weighted by atomic mass is 9.99. The summed E-state index contributed by atoms with van der Waals surface area (Å²) in [5.41, 5.74) is 2.69. The predicted molar refractivity (Wildman–Crippen MR) is 80.9 cm³/mol. The Morgan fingerprint density at radius 3 is 2.40 bits per heavy atom. The van der Waals surface area contributed by atoms with Gasteiger partial charge in [0.1, 0.15) is 0 Å². The quantitative estimate of drug-likeness (QED) is 0.891. The van der Waals surface area contributed by atoms with Gasteiger partial charge in [-0.15, -0.1) is 0 Å².